The predicted octanol–water partition coefficient (Wildman–Crippen LogP) is 3.63. The van der Waals surface area contributed by atoms with Gasteiger partial charge in [0.25, 0.3) is 0 Å². The number of alkyl halides is 1. The Morgan fingerprint density at radius 1 is 1.46 bits per heavy atom. The third kappa shape index (κ3) is 2.89. The molecule has 13 heavy (non-hydrogen) atoms. The first kappa shape index (κ1) is 10.9. The fraction of sp³-hybridized carbons (Fsp3) is 0.400. The van der Waals surface area contributed by atoms with Crippen LogP contribution in [0.5, 0.6) is 5.75 Å². The summed E-state index contributed by atoms with van der Waals surface area (Å²) in [4.78, 5) is 0. The molecule has 3 heteroatoms. The summed E-state index contributed by atoms with van der Waals surface area (Å²) in [6.07, 6.45) is 1.93. The van der Waals surface area contributed by atoms with Crippen LogP contribution in [0.1, 0.15) is 12.0 Å². The lowest BCUT2D eigenvalue weighted by Gasteiger charge is -2.09. The summed E-state index contributed by atoms with van der Waals surface area (Å²) in [5, 5.41) is 0. The van der Waals surface area contributed by atoms with Gasteiger partial charge in [0.1, 0.15) is 5.75 Å². The summed E-state index contributed by atoms with van der Waals surface area (Å²) in [6, 6.07) is 5.95. The molecule has 0 aliphatic carbocycles. The number of halogens is 2. The topological polar surface area (TPSA) is 9.23 Å². The second-order valence-corrected chi connectivity index (χ2v) is 3.95. The molecule has 1 rings (SSSR count). The van der Waals surface area contributed by atoms with Crippen LogP contribution in [-0.2, 0) is 6.42 Å². The van der Waals surface area contributed by atoms with Gasteiger partial charge in [-0.05, 0) is 25.0 Å². The van der Waals surface area contributed by atoms with Crippen molar-refractivity contribution < 1.29 is 4.74 Å². The van der Waals surface area contributed by atoms with Gasteiger partial charge in [-0.2, -0.15) is 0 Å². The number of hydrogen-bond acceptors (Lipinski definition) is 1. The third-order valence-corrected chi connectivity index (χ3v) is 2.87. The normalized spacial score (nSPS) is 10.1. The summed E-state index contributed by atoms with van der Waals surface area (Å²) < 4.78 is 6.34. The molecule has 0 aliphatic rings. The molecule has 0 bridgehead atoms. The Morgan fingerprint density at radius 3 is 2.85 bits per heavy atom. The van der Waals surface area contributed by atoms with E-state index in [1.165, 1.54) is 5.56 Å². The van der Waals surface area contributed by atoms with Crippen molar-refractivity contribution in [3.63, 3.8) is 0 Å². The molecule has 0 atom stereocenters. The second-order valence-electron chi connectivity index (χ2n) is 2.71. The van der Waals surface area contributed by atoms with Crippen molar-refractivity contribution in [2.45, 2.75) is 12.8 Å². The molecule has 0 spiro atoms. The van der Waals surface area contributed by atoms with Gasteiger partial charge in [0.2, 0.25) is 0 Å². The van der Waals surface area contributed by atoms with E-state index in [1.54, 1.807) is 7.11 Å². The standard InChI is InChI=1S/C10H12BrClO/c1-13-10-6-2-5-9(11)8(10)4-3-7-12/h2,5-6H,3-4,7H2,1H3. The van der Waals surface area contributed by atoms with Crippen molar-refractivity contribution in [1.82, 2.24) is 0 Å². The molecule has 0 unspecified atom stereocenters. The molecule has 1 aromatic rings. The van der Waals surface area contributed by atoms with E-state index in [4.69, 9.17) is 16.3 Å². The Kier molecular flexibility index (Phi) is 4.60. The van der Waals surface area contributed by atoms with Gasteiger partial charge in [-0.1, -0.05) is 22.0 Å². The number of benzene rings is 1. The first-order valence-corrected chi connectivity index (χ1v) is 5.49. The molecule has 0 heterocycles. The van der Waals surface area contributed by atoms with Gasteiger partial charge >= 0.3 is 0 Å². The van der Waals surface area contributed by atoms with Crippen LogP contribution in [0.3, 0.4) is 0 Å². The molecule has 72 valence electrons. The van der Waals surface area contributed by atoms with Crippen molar-refractivity contribution in [2.24, 2.45) is 0 Å². The smallest absolute Gasteiger partial charge is 0.123 e. The average Bonchev–Trinajstić information content (AvgIpc) is 2.15. The van der Waals surface area contributed by atoms with Crippen molar-refractivity contribution in [3.8, 4) is 5.75 Å². The van der Waals surface area contributed by atoms with Gasteiger partial charge in [-0.15, -0.1) is 11.6 Å². The summed E-state index contributed by atoms with van der Waals surface area (Å²) in [5.41, 5.74) is 1.20. The Balaban J connectivity index is 2.87. The Morgan fingerprint density at radius 2 is 2.23 bits per heavy atom. The molecule has 0 amide bonds. The van der Waals surface area contributed by atoms with Crippen LogP contribution >= 0.6 is 27.5 Å². The fourth-order valence-electron chi connectivity index (χ4n) is 1.22. The van der Waals surface area contributed by atoms with Gasteiger partial charge in [0.15, 0.2) is 0 Å². The van der Waals surface area contributed by atoms with Gasteiger partial charge in [0.05, 0.1) is 7.11 Å². The molecule has 0 saturated carbocycles. The molecule has 0 radical (unpaired) electrons. The first-order valence-electron chi connectivity index (χ1n) is 4.17. The number of hydrogen-bond donors (Lipinski definition) is 0. The van der Waals surface area contributed by atoms with Crippen LogP contribution in [0.15, 0.2) is 22.7 Å². The highest BCUT2D eigenvalue weighted by Crippen LogP contribution is 2.27. The van der Waals surface area contributed by atoms with Crippen LogP contribution in [0, 0.1) is 0 Å². The van der Waals surface area contributed by atoms with Crippen molar-refractivity contribution >= 4 is 27.5 Å². The fourth-order valence-corrected chi connectivity index (χ4v) is 1.90. The molecule has 1 aromatic carbocycles. The van der Waals surface area contributed by atoms with E-state index >= 15 is 0 Å². The number of rotatable bonds is 4. The lowest BCUT2D eigenvalue weighted by Crippen LogP contribution is -1.94. The highest BCUT2D eigenvalue weighted by molar-refractivity contribution is 9.10. The van der Waals surface area contributed by atoms with Gasteiger partial charge in [0, 0.05) is 15.9 Å². The minimum atomic E-state index is 0.685. The maximum atomic E-state index is 5.64. The lowest BCUT2D eigenvalue weighted by atomic mass is 10.1. The molecule has 0 fully saturated rings. The molecule has 0 aromatic heterocycles. The highest BCUT2D eigenvalue weighted by atomic mass is 79.9. The van der Waals surface area contributed by atoms with Crippen LogP contribution in [-0.4, -0.2) is 13.0 Å². The zero-order valence-corrected chi connectivity index (χ0v) is 9.86. The zero-order valence-electron chi connectivity index (χ0n) is 7.52. The molecule has 1 nitrogen and oxygen atoms in total. The van der Waals surface area contributed by atoms with Gasteiger partial charge in [-0.25, -0.2) is 0 Å². The molecule has 0 N–H and O–H groups in total. The predicted molar refractivity (Wildman–Crippen MR) is 59.7 cm³/mol. The van der Waals surface area contributed by atoms with E-state index in [2.05, 4.69) is 15.9 Å². The minimum absolute atomic E-state index is 0.685. The van der Waals surface area contributed by atoms with Crippen LogP contribution in [0.2, 0.25) is 0 Å². The largest absolute Gasteiger partial charge is 0.496 e. The summed E-state index contributed by atoms with van der Waals surface area (Å²) in [7, 11) is 1.69. The zero-order chi connectivity index (χ0) is 9.68. The highest BCUT2D eigenvalue weighted by Gasteiger charge is 2.05. The van der Waals surface area contributed by atoms with Crippen LogP contribution in [0.4, 0.5) is 0 Å². The monoisotopic (exact) mass is 262 g/mol. The van der Waals surface area contributed by atoms with E-state index in [1.807, 2.05) is 18.2 Å². The van der Waals surface area contributed by atoms with Gasteiger partial charge < -0.3 is 4.74 Å². The Labute approximate surface area is 92.2 Å². The lowest BCUT2D eigenvalue weighted by molar-refractivity contribution is 0.409. The van der Waals surface area contributed by atoms with Crippen LogP contribution < -0.4 is 4.74 Å². The summed E-state index contributed by atoms with van der Waals surface area (Å²) >= 11 is 9.14. The van der Waals surface area contributed by atoms with Crippen molar-refractivity contribution in [2.75, 3.05) is 13.0 Å². The second kappa shape index (κ2) is 5.51. The Hall–Kier alpha value is -0.210. The van der Waals surface area contributed by atoms with Crippen molar-refractivity contribution in [1.29, 1.82) is 0 Å². The SMILES string of the molecule is COc1cccc(Br)c1CCCCl. The maximum Gasteiger partial charge on any atom is 0.123 e. The number of ether oxygens (including phenoxy) is 1. The number of methoxy groups -OCH3 is 1. The summed E-state index contributed by atoms with van der Waals surface area (Å²) in [5.74, 6) is 1.62. The van der Waals surface area contributed by atoms with Crippen LogP contribution in [0.25, 0.3) is 0 Å². The van der Waals surface area contributed by atoms with E-state index in [0.717, 1.165) is 23.1 Å². The third-order valence-electron chi connectivity index (χ3n) is 1.86. The van der Waals surface area contributed by atoms with E-state index in [-0.39, 0.29) is 0 Å². The molecular formula is C10H12BrClO. The molecular weight excluding hydrogens is 251 g/mol. The van der Waals surface area contributed by atoms with E-state index in [9.17, 15) is 0 Å². The average molecular weight is 264 g/mol. The minimum Gasteiger partial charge on any atom is -0.496 e. The van der Waals surface area contributed by atoms with E-state index in [0.29, 0.717) is 5.88 Å². The maximum absolute atomic E-state index is 5.64. The Bertz CT molecular complexity index is 276. The quantitative estimate of drug-likeness (QED) is 0.754. The van der Waals surface area contributed by atoms with E-state index < -0.39 is 0 Å². The van der Waals surface area contributed by atoms with Gasteiger partial charge in [-0.3, -0.25) is 0 Å². The first-order chi connectivity index (χ1) is 6.29. The van der Waals surface area contributed by atoms with Crippen molar-refractivity contribution in [3.05, 3.63) is 28.2 Å². The summed E-state index contributed by atoms with van der Waals surface area (Å²) in [6.45, 7) is 0. The molecule has 0 aliphatic heterocycles. The molecule has 0 saturated heterocycles.